The molecule has 13 rings (SSSR count). The van der Waals surface area contributed by atoms with Gasteiger partial charge in [0.25, 0.3) is 0 Å². The number of fused-ring (bicyclic) bond motifs is 13. The van der Waals surface area contributed by atoms with E-state index >= 15 is 0 Å². The van der Waals surface area contributed by atoms with Crippen molar-refractivity contribution < 1.29 is 0 Å². The lowest BCUT2D eigenvalue weighted by molar-refractivity contribution is 0.775. The molecule has 0 amide bonds. The molecule has 0 saturated carbocycles. The van der Waals surface area contributed by atoms with Gasteiger partial charge in [0.05, 0.1) is 21.5 Å². The van der Waals surface area contributed by atoms with Crippen LogP contribution in [0.1, 0.15) is 22.3 Å². The molecule has 1 nitrogen and oxygen atoms in total. The molecule has 59 heavy (non-hydrogen) atoms. The van der Waals surface area contributed by atoms with Crippen LogP contribution in [-0.4, -0.2) is 0 Å². The third-order valence-corrected chi connectivity index (χ3v) is 14.3. The molecule has 0 fully saturated rings. The van der Waals surface area contributed by atoms with Crippen molar-refractivity contribution >= 4 is 70.1 Å². The van der Waals surface area contributed by atoms with Crippen molar-refractivity contribution in [3.8, 4) is 33.4 Å². The van der Waals surface area contributed by atoms with Gasteiger partial charge in [0.2, 0.25) is 0 Å². The molecule has 0 saturated heterocycles. The first-order chi connectivity index (χ1) is 29.3. The van der Waals surface area contributed by atoms with E-state index in [9.17, 15) is 0 Å². The number of benzene rings is 10. The number of nitrogens with zero attached hydrogens (tertiary/aromatic N) is 1. The lowest BCUT2D eigenvalue weighted by Crippen LogP contribution is -2.32. The van der Waals surface area contributed by atoms with Gasteiger partial charge in [-0.1, -0.05) is 182 Å². The number of hydrogen-bond acceptors (Lipinski definition) is 2. The zero-order valence-corrected chi connectivity index (χ0v) is 32.9. The van der Waals surface area contributed by atoms with Crippen LogP contribution in [0.5, 0.6) is 0 Å². The molecular formula is C57H35NS. The van der Waals surface area contributed by atoms with E-state index in [1.165, 1.54) is 109 Å². The summed E-state index contributed by atoms with van der Waals surface area (Å²) in [5, 5.41) is 7.63. The summed E-state index contributed by atoms with van der Waals surface area (Å²) < 4.78 is 2.59. The Morgan fingerprint density at radius 2 is 0.966 bits per heavy atom. The minimum absolute atomic E-state index is 0.592. The van der Waals surface area contributed by atoms with Crippen LogP contribution in [0.4, 0.5) is 17.1 Å². The fraction of sp³-hybridized carbons (Fsp3) is 0.0175. The summed E-state index contributed by atoms with van der Waals surface area (Å²) in [5.41, 5.74) is 15.9. The molecule has 2 aliphatic carbocycles. The van der Waals surface area contributed by atoms with Crippen LogP contribution in [0.25, 0.3) is 75.1 Å². The molecule has 11 aromatic rings. The van der Waals surface area contributed by atoms with Crippen molar-refractivity contribution in [2.45, 2.75) is 5.41 Å². The van der Waals surface area contributed by atoms with Crippen LogP contribution in [0.15, 0.2) is 212 Å². The first-order valence-corrected chi connectivity index (χ1v) is 21.2. The number of hydrogen-bond donors (Lipinski definition) is 0. The summed E-state index contributed by atoms with van der Waals surface area (Å²) in [6.45, 7) is 0. The second-order valence-electron chi connectivity index (χ2n) is 15.9. The molecule has 1 atom stereocenters. The van der Waals surface area contributed by atoms with Gasteiger partial charge in [-0.05, 0) is 102 Å². The van der Waals surface area contributed by atoms with Crippen LogP contribution >= 0.6 is 11.3 Å². The summed E-state index contributed by atoms with van der Waals surface area (Å²) in [7, 11) is 0. The van der Waals surface area contributed by atoms with E-state index in [2.05, 4.69) is 217 Å². The smallest absolute Gasteiger partial charge is 0.0732 e. The Bertz CT molecular complexity index is 3520. The van der Waals surface area contributed by atoms with E-state index in [1.807, 2.05) is 11.3 Å². The first kappa shape index (κ1) is 32.8. The predicted octanol–water partition coefficient (Wildman–Crippen LogP) is 15.8. The summed E-state index contributed by atoms with van der Waals surface area (Å²) in [5.74, 6) is 0. The van der Waals surface area contributed by atoms with E-state index in [1.54, 1.807) is 0 Å². The fourth-order valence-electron chi connectivity index (χ4n) is 10.7. The summed E-state index contributed by atoms with van der Waals surface area (Å²) in [4.78, 5) is 2.54. The van der Waals surface area contributed by atoms with Crippen molar-refractivity contribution in [1.29, 1.82) is 0 Å². The number of thiophene rings is 1. The van der Waals surface area contributed by atoms with Crippen LogP contribution < -0.4 is 4.90 Å². The van der Waals surface area contributed by atoms with Gasteiger partial charge in [0.1, 0.15) is 0 Å². The molecule has 0 bridgehead atoms. The molecule has 2 aliphatic rings. The molecule has 1 aromatic heterocycles. The second kappa shape index (κ2) is 12.4. The standard InChI is InChI=1S/C57H35NS/c1-2-15-37(16-3-1)41-33-31-38-19-12-24-46-43-22-7-10-27-49(43)57(55(41)54(38)46)48-26-9-6-21-42(48)44-34-32-39(35-50(44)57)58(51-28-13-18-36-17-4-5-20-40(36)51)52-29-14-25-47-45-23-8-11-30-53(45)59-56(47)52/h1-35H. The van der Waals surface area contributed by atoms with Gasteiger partial charge in [-0.15, -0.1) is 11.3 Å². The SMILES string of the molecule is c1ccc(-c2ccc3cccc4c3c2C2(c3ccccc3-c3ccc(N(c5cccc6ccccc56)c5cccc6c5sc5ccccc56)cc32)c2ccccc2-4)cc1. The van der Waals surface area contributed by atoms with Crippen LogP contribution in [0.2, 0.25) is 0 Å². The summed E-state index contributed by atoms with van der Waals surface area (Å²) >= 11 is 1.89. The molecule has 0 radical (unpaired) electrons. The molecule has 1 spiro atoms. The third-order valence-electron chi connectivity index (χ3n) is 13.0. The Balaban J connectivity index is 1.18. The minimum atomic E-state index is -0.592. The number of rotatable bonds is 4. The zero-order chi connectivity index (χ0) is 38.7. The van der Waals surface area contributed by atoms with Crippen LogP contribution in [0, 0.1) is 0 Å². The summed E-state index contributed by atoms with van der Waals surface area (Å²) in [6.07, 6.45) is 0. The van der Waals surface area contributed by atoms with Gasteiger partial charge >= 0.3 is 0 Å². The van der Waals surface area contributed by atoms with Gasteiger partial charge in [-0.2, -0.15) is 0 Å². The Labute approximate surface area is 346 Å². The molecule has 1 unspecified atom stereocenters. The Hall–Kier alpha value is -7.26. The highest BCUT2D eigenvalue weighted by Gasteiger charge is 2.51. The van der Waals surface area contributed by atoms with Gasteiger partial charge in [-0.3, -0.25) is 0 Å². The Kier molecular flexibility index (Phi) is 6.87. The molecule has 274 valence electrons. The maximum absolute atomic E-state index is 2.54. The maximum atomic E-state index is 2.54. The quantitative estimate of drug-likeness (QED) is 0.172. The highest BCUT2D eigenvalue weighted by molar-refractivity contribution is 7.26. The van der Waals surface area contributed by atoms with Crippen LogP contribution in [-0.2, 0) is 5.41 Å². The third kappa shape index (κ3) is 4.44. The molecule has 10 aromatic carbocycles. The van der Waals surface area contributed by atoms with Crippen molar-refractivity contribution in [2.75, 3.05) is 4.90 Å². The monoisotopic (exact) mass is 765 g/mol. The van der Waals surface area contributed by atoms with E-state index in [0.29, 0.717) is 0 Å². The average molecular weight is 766 g/mol. The zero-order valence-electron chi connectivity index (χ0n) is 32.1. The lowest BCUT2D eigenvalue weighted by Gasteiger charge is -2.41. The van der Waals surface area contributed by atoms with Gasteiger partial charge in [0.15, 0.2) is 0 Å². The van der Waals surface area contributed by atoms with Gasteiger partial charge < -0.3 is 4.90 Å². The molecule has 2 heteroatoms. The normalized spacial score (nSPS) is 14.8. The Morgan fingerprint density at radius 3 is 1.83 bits per heavy atom. The van der Waals surface area contributed by atoms with Gasteiger partial charge in [0, 0.05) is 26.5 Å². The van der Waals surface area contributed by atoms with Crippen molar-refractivity contribution in [3.63, 3.8) is 0 Å². The highest BCUT2D eigenvalue weighted by Crippen LogP contribution is 2.64. The number of anilines is 3. The van der Waals surface area contributed by atoms with E-state index < -0.39 is 5.41 Å². The van der Waals surface area contributed by atoms with E-state index in [-0.39, 0.29) is 0 Å². The van der Waals surface area contributed by atoms with Crippen LogP contribution in [0.3, 0.4) is 0 Å². The summed E-state index contributed by atoms with van der Waals surface area (Å²) in [6, 6.07) is 79.5. The van der Waals surface area contributed by atoms with Crippen molar-refractivity contribution in [2.24, 2.45) is 0 Å². The highest BCUT2D eigenvalue weighted by atomic mass is 32.1. The molecule has 1 heterocycles. The first-order valence-electron chi connectivity index (χ1n) is 20.4. The van der Waals surface area contributed by atoms with Crippen molar-refractivity contribution in [3.05, 3.63) is 235 Å². The minimum Gasteiger partial charge on any atom is -0.308 e. The molecular weight excluding hydrogens is 731 g/mol. The predicted molar refractivity (Wildman–Crippen MR) is 251 cm³/mol. The largest absolute Gasteiger partial charge is 0.308 e. The second-order valence-corrected chi connectivity index (χ2v) is 17.0. The lowest BCUT2D eigenvalue weighted by atomic mass is 9.60. The van der Waals surface area contributed by atoms with Gasteiger partial charge in [-0.25, -0.2) is 0 Å². The fourth-order valence-corrected chi connectivity index (χ4v) is 11.9. The average Bonchev–Trinajstić information content (AvgIpc) is 3.83. The Morgan fingerprint density at radius 1 is 0.373 bits per heavy atom. The topological polar surface area (TPSA) is 3.24 Å². The molecule has 0 aliphatic heterocycles. The van der Waals surface area contributed by atoms with Crippen molar-refractivity contribution in [1.82, 2.24) is 0 Å². The van der Waals surface area contributed by atoms with E-state index in [4.69, 9.17) is 0 Å². The maximum Gasteiger partial charge on any atom is 0.0732 e. The van der Waals surface area contributed by atoms with E-state index in [0.717, 1.165) is 5.69 Å². The molecule has 0 N–H and O–H groups in total.